The van der Waals surface area contributed by atoms with Crippen molar-refractivity contribution in [3.8, 4) is 0 Å². The predicted molar refractivity (Wildman–Crippen MR) is 105 cm³/mol. The van der Waals surface area contributed by atoms with Gasteiger partial charge in [-0.1, -0.05) is 36.4 Å². The van der Waals surface area contributed by atoms with Gasteiger partial charge in [0, 0.05) is 32.4 Å². The summed E-state index contributed by atoms with van der Waals surface area (Å²) in [5, 5.41) is 2.92. The van der Waals surface area contributed by atoms with Crippen molar-refractivity contribution in [1.29, 1.82) is 0 Å². The van der Waals surface area contributed by atoms with Gasteiger partial charge in [-0.3, -0.25) is 9.59 Å². The molecule has 2 aromatic rings. The fourth-order valence-electron chi connectivity index (χ4n) is 3.35. The molecular formula is C21H22N4O2. The number of amides is 2. The largest absolute Gasteiger partial charge is 0.374 e. The molecule has 138 valence electrons. The molecule has 0 aromatic heterocycles. The molecule has 2 aliphatic rings. The maximum atomic E-state index is 13.2. The van der Waals surface area contributed by atoms with Crippen molar-refractivity contribution in [2.24, 2.45) is 0 Å². The molecule has 0 unspecified atom stereocenters. The lowest BCUT2D eigenvalue weighted by atomic mass is 10.2. The summed E-state index contributed by atoms with van der Waals surface area (Å²) in [4.78, 5) is 30.7. The lowest BCUT2D eigenvalue weighted by molar-refractivity contribution is -0.116. The lowest BCUT2D eigenvalue weighted by Gasteiger charge is -2.31. The van der Waals surface area contributed by atoms with Crippen molar-refractivity contribution in [1.82, 2.24) is 9.80 Å². The number of likely N-dealkylation sites (N-methyl/N-ethyl adjacent to an activating group) is 1. The van der Waals surface area contributed by atoms with E-state index in [1.54, 1.807) is 6.20 Å². The van der Waals surface area contributed by atoms with Crippen LogP contribution in [0.4, 0.5) is 11.4 Å². The van der Waals surface area contributed by atoms with Crippen LogP contribution in [0.15, 0.2) is 72.4 Å². The number of piperazine rings is 1. The van der Waals surface area contributed by atoms with Gasteiger partial charge in [0.25, 0.3) is 11.8 Å². The molecule has 6 nitrogen and oxygen atoms in total. The Morgan fingerprint density at radius 3 is 1.59 bits per heavy atom. The predicted octanol–water partition coefficient (Wildman–Crippen LogP) is 2.11. The van der Waals surface area contributed by atoms with Crippen LogP contribution in [0.1, 0.15) is 0 Å². The van der Waals surface area contributed by atoms with Crippen LogP contribution in [-0.2, 0) is 9.59 Å². The molecule has 0 N–H and O–H groups in total. The zero-order valence-corrected chi connectivity index (χ0v) is 15.3. The van der Waals surface area contributed by atoms with Crippen LogP contribution in [0, 0.1) is 0 Å². The molecule has 2 aliphatic heterocycles. The average Bonchev–Trinajstić information content (AvgIpc) is 2.95. The second kappa shape index (κ2) is 7.25. The molecule has 0 saturated carbocycles. The third kappa shape index (κ3) is 3.31. The van der Waals surface area contributed by atoms with Crippen LogP contribution in [0.3, 0.4) is 0 Å². The van der Waals surface area contributed by atoms with E-state index in [1.165, 1.54) is 10.0 Å². The monoisotopic (exact) mass is 362 g/mol. The first-order valence-electron chi connectivity index (χ1n) is 9.08. The van der Waals surface area contributed by atoms with Gasteiger partial charge >= 0.3 is 0 Å². The summed E-state index contributed by atoms with van der Waals surface area (Å²) in [6.45, 7) is 3.43. The van der Waals surface area contributed by atoms with E-state index in [0.717, 1.165) is 26.2 Å². The smallest absolute Gasteiger partial charge is 0.284 e. The molecule has 0 aliphatic carbocycles. The first-order valence-corrected chi connectivity index (χ1v) is 9.08. The maximum absolute atomic E-state index is 13.2. The number of carbonyl (C=O) groups excluding carboxylic acids is 2. The Morgan fingerprint density at radius 1 is 0.704 bits per heavy atom. The van der Waals surface area contributed by atoms with E-state index in [4.69, 9.17) is 0 Å². The first-order chi connectivity index (χ1) is 13.1. The third-order valence-corrected chi connectivity index (χ3v) is 4.90. The summed E-state index contributed by atoms with van der Waals surface area (Å²) in [6, 6.07) is 18.5. The molecule has 2 saturated heterocycles. The van der Waals surface area contributed by atoms with Crippen LogP contribution in [0.2, 0.25) is 0 Å². The van der Waals surface area contributed by atoms with Crippen LogP contribution in [0.5, 0.6) is 0 Å². The fourth-order valence-corrected chi connectivity index (χ4v) is 3.35. The number of para-hydroxylation sites is 2. The zero-order valence-electron chi connectivity index (χ0n) is 15.3. The molecule has 27 heavy (non-hydrogen) atoms. The van der Waals surface area contributed by atoms with Crippen molar-refractivity contribution in [3.05, 3.63) is 72.4 Å². The highest BCUT2D eigenvalue weighted by Gasteiger charge is 2.43. The number of nitrogens with zero attached hydrogens (tertiary/aromatic N) is 4. The minimum absolute atomic E-state index is 0.201. The Balaban J connectivity index is 1.73. The van der Waals surface area contributed by atoms with Crippen molar-refractivity contribution >= 4 is 23.2 Å². The quantitative estimate of drug-likeness (QED) is 0.620. The summed E-state index contributed by atoms with van der Waals surface area (Å²) < 4.78 is 0. The second-order valence-corrected chi connectivity index (χ2v) is 6.79. The van der Waals surface area contributed by atoms with Gasteiger partial charge in [0.15, 0.2) is 0 Å². The minimum Gasteiger partial charge on any atom is -0.374 e. The van der Waals surface area contributed by atoms with E-state index in [9.17, 15) is 9.59 Å². The molecule has 4 rings (SSSR count). The van der Waals surface area contributed by atoms with Crippen LogP contribution >= 0.6 is 0 Å². The normalized spacial score (nSPS) is 18.4. The van der Waals surface area contributed by atoms with E-state index in [2.05, 4.69) is 16.8 Å². The zero-order chi connectivity index (χ0) is 18.8. The van der Waals surface area contributed by atoms with E-state index >= 15 is 0 Å². The molecule has 0 spiro atoms. The number of carbonyl (C=O) groups is 2. The van der Waals surface area contributed by atoms with Gasteiger partial charge in [-0.15, -0.1) is 0 Å². The number of hydrazine groups is 1. The van der Waals surface area contributed by atoms with Gasteiger partial charge in [-0.2, -0.15) is 0 Å². The highest BCUT2D eigenvalue weighted by Crippen LogP contribution is 2.31. The van der Waals surface area contributed by atoms with Gasteiger partial charge < -0.3 is 9.80 Å². The van der Waals surface area contributed by atoms with Crippen LogP contribution in [0.25, 0.3) is 0 Å². The Labute approximate surface area is 158 Å². The molecular weight excluding hydrogens is 340 g/mol. The van der Waals surface area contributed by atoms with Gasteiger partial charge in [0.1, 0.15) is 5.57 Å². The third-order valence-electron chi connectivity index (χ3n) is 4.90. The van der Waals surface area contributed by atoms with E-state index in [-0.39, 0.29) is 17.4 Å². The Morgan fingerprint density at radius 2 is 1.15 bits per heavy atom. The molecule has 2 aromatic carbocycles. The molecule has 2 fully saturated rings. The van der Waals surface area contributed by atoms with Gasteiger partial charge in [0.05, 0.1) is 11.4 Å². The van der Waals surface area contributed by atoms with Crippen molar-refractivity contribution in [3.63, 3.8) is 0 Å². The highest BCUT2D eigenvalue weighted by atomic mass is 16.2. The lowest BCUT2D eigenvalue weighted by Crippen LogP contribution is -2.42. The number of anilines is 2. The molecule has 0 bridgehead atoms. The van der Waals surface area contributed by atoms with Crippen molar-refractivity contribution in [2.45, 2.75) is 0 Å². The standard InChI is InChI=1S/C21H22N4O2/c1-22-12-14-23(15-13-22)16-19-20(26)24(17-8-4-2-5-9-17)25(21(19)27)18-10-6-3-7-11-18/h2-11,16H,12-15H2,1H3. The average molecular weight is 362 g/mol. The van der Waals surface area contributed by atoms with Gasteiger partial charge in [-0.25, -0.2) is 10.0 Å². The van der Waals surface area contributed by atoms with Crippen LogP contribution < -0.4 is 10.0 Å². The molecule has 2 amide bonds. The van der Waals surface area contributed by atoms with E-state index in [0.29, 0.717) is 11.4 Å². The SMILES string of the molecule is CN1CCN(C=C2C(=O)N(c3ccccc3)N(c3ccccc3)C2=O)CC1. The molecule has 6 heteroatoms. The topological polar surface area (TPSA) is 47.1 Å². The van der Waals surface area contributed by atoms with Crippen molar-refractivity contribution in [2.75, 3.05) is 43.2 Å². The fraction of sp³-hybridized carbons (Fsp3) is 0.238. The first kappa shape index (κ1) is 17.3. The molecule has 0 radical (unpaired) electrons. The maximum Gasteiger partial charge on any atom is 0.284 e. The minimum atomic E-state index is -0.297. The summed E-state index contributed by atoms with van der Waals surface area (Å²) in [7, 11) is 2.07. The number of hydrogen-bond donors (Lipinski definition) is 0. The van der Waals surface area contributed by atoms with Gasteiger partial charge in [-0.05, 0) is 31.3 Å². The summed E-state index contributed by atoms with van der Waals surface area (Å²) >= 11 is 0. The highest BCUT2D eigenvalue weighted by molar-refractivity contribution is 6.35. The Bertz CT molecular complexity index is 799. The number of rotatable bonds is 3. The van der Waals surface area contributed by atoms with E-state index < -0.39 is 0 Å². The summed E-state index contributed by atoms with van der Waals surface area (Å²) in [5.41, 5.74) is 1.54. The number of benzene rings is 2. The molecule has 0 atom stereocenters. The molecule has 2 heterocycles. The summed E-state index contributed by atoms with van der Waals surface area (Å²) in [5.74, 6) is -0.594. The van der Waals surface area contributed by atoms with Crippen molar-refractivity contribution < 1.29 is 9.59 Å². The summed E-state index contributed by atoms with van der Waals surface area (Å²) in [6.07, 6.45) is 1.73. The van der Waals surface area contributed by atoms with Gasteiger partial charge in [0.2, 0.25) is 0 Å². The van der Waals surface area contributed by atoms with Crippen LogP contribution in [-0.4, -0.2) is 54.8 Å². The Hall–Kier alpha value is -3.12. The Kier molecular flexibility index (Phi) is 4.64. The number of hydrogen-bond acceptors (Lipinski definition) is 4. The second-order valence-electron chi connectivity index (χ2n) is 6.79. The van der Waals surface area contributed by atoms with E-state index in [1.807, 2.05) is 60.7 Å².